The first kappa shape index (κ1) is 18.3. The van der Waals surface area contributed by atoms with Gasteiger partial charge < -0.3 is 25.6 Å². The summed E-state index contributed by atoms with van der Waals surface area (Å²) in [4.78, 5) is 34.0. The van der Waals surface area contributed by atoms with Gasteiger partial charge in [0.15, 0.2) is 18.1 Å². The van der Waals surface area contributed by atoms with Crippen molar-refractivity contribution in [2.45, 2.75) is 19.9 Å². The molecule has 8 heteroatoms. The van der Waals surface area contributed by atoms with Gasteiger partial charge in [0.25, 0.3) is 11.8 Å². The van der Waals surface area contributed by atoms with Crippen molar-refractivity contribution in [3.8, 4) is 11.5 Å². The van der Waals surface area contributed by atoms with Crippen molar-refractivity contribution in [1.29, 1.82) is 0 Å². The first-order chi connectivity index (χ1) is 10.8. The Bertz CT molecular complexity index is 600. The third-order valence-corrected chi connectivity index (χ3v) is 3.02. The van der Waals surface area contributed by atoms with E-state index < -0.39 is 23.8 Å². The normalized spacial score (nSPS) is 11.7. The molecule has 1 atom stereocenters. The van der Waals surface area contributed by atoms with E-state index in [1.165, 1.54) is 25.3 Å². The molecule has 0 radical (unpaired) electrons. The number of carbonyl (C=O) groups excluding carboxylic acids is 2. The number of ether oxygens (including phenoxy) is 2. The number of carboxylic acids is 1. The van der Waals surface area contributed by atoms with Crippen molar-refractivity contribution in [1.82, 2.24) is 5.32 Å². The second-order valence-electron chi connectivity index (χ2n) is 5.15. The minimum atomic E-state index is -1.11. The predicted octanol–water partition coefficient (Wildman–Crippen LogP) is 0.398. The summed E-state index contributed by atoms with van der Waals surface area (Å²) in [5, 5.41) is 11.5. The standard InChI is InChI=1S/C15H20N2O6/c1-8(2)13(15(20)21)17-14(19)9-4-5-10(11(6-9)22-3)23-7-12(16)18/h4-6,8,13H,7H2,1-3H3,(H2,16,18)(H,17,19)(H,20,21)/t13-/m0/s1. The molecular weight excluding hydrogens is 304 g/mol. The van der Waals surface area contributed by atoms with Gasteiger partial charge in [0.05, 0.1) is 7.11 Å². The SMILES string of the molecule is COc1cc(C(=O)N[C@H](C(=O)O)C(C)C)ccc1OCC(N)=O. The van der Waals surface area contributed by atoms with Gasteiger partial charge in [-0.1, -0.05) is 13.8 Å². The second-order valence-corrected chi connectivity index (χ2v) is 5.15. The molecule has 0 aliphatic heterocycles. The lowest BCUT2D eigenvalue weighted by Crippen LogP contribution is -2.44. The number of benzene rings is 1. The van der Waals surface area contributed by atoms with Gasteiger partial charge in [-0.2, -0.15) is 0 Å². The molecule has 1 aromatic rings. The minimum absolute atomic E-state index is 0.208. The molecule has 0 heterocycles. The van der Waals surface area contributed by atoms with Crippen LogP contribution < -0.4 is 20.5 Å². The maximum atomic E-state index is 12.2. The van der Waals surface area contributed by atoms with Gasteiger partial charge in [-0.05, 0) is 24.1 Å². The van der Waals surface area contributed by atoms with E-state index in [1.807, 2.05) is 0 Å². The number of amides is 2. The van der Waals surface area contributed by atoms with Crippen LogP contribution in [-0.2, 0) is 9.59 Å². The Hall–Kier alpha value is -2.77. The molecule has 1 aromatic carbocycles. The van der Waals surface area contributed by atoms with Crippen molar-refractivity contribution in [2.24, 2.45) is 11.7 Å². The number of hydrogen-bond acceptors (Lipinski definition) is 5. The summed E-state index contributed by atoms with van der Waals surface area (Å²) < 4.78 is 10.3. The van der Waals surface area contributed by atoms with Crippen molar-refractivity contribution in [3.63, 3.8) is 0 Å². The molecule has 23 heavy (non-hydrogen) atoms. The van der Waals surface area contributed by atoms with Crippen LogP contribution in [0.4, 0.5) is 0 Å². The van der Waals surface area contributed by atoms with Crippen LogP contribution in [0.2, 0.25) is 0 Å². The number of rotatable bonds is 8. The minimum Gasteiger partial charge on any atom is -0.493 e. The van der Waals surface area contributed by atoms with Crippen molar-refractivity contribution in [3.05, 3.63) is 23.8 Å². The molecular formula is C15H20N2O6. The molecule has 0 spiro atoms. The van der Waals surface area contributed by atoms with Crippen LogP contribution in [0.15, 0.2) is 18.2 Å². The predicted molar refractivity (Wildman–Crippen MR) is 81.4 cm³/mol. The average molecular weight is 324 g/mol. The van der Waals surface area contributed by atoms with Gasteiger partial charge in [0.2, 0.25) is 0 Å². The lowest BCUT2D eigenvalue weighted by Gasteiger charge is -2.18. The first-order valence-corrected chi connectivity index (χ1v) is 6.89. The lowest BCUT2D eigenvalue weighted by atomic mass is 10.0. The first-order valence-electron chi connectivity index (χ1n) is 6.89. The maximum absolute atomic E-state index is 12.2. The smallest absolute Gasteiger partial charge is 0.326 e. The van der Waals surface area contributed by atoms with Crippen molar-refractivity contribution >= 4 is 17.8 Å². The molecule has 1 rings (SSSR count). The molecule has 0 aliphatic carbocycles. The highest BCUT2D eigenvalue weighted by Gasteiger charge is 2.24. The number of nitrogens with two attached hydrogens (primary N) is 1. The Morgan fingerprint density at radius 3 is 2.39 bits per heavy atom. The summed E-state index contributed by atoms with van der Waals surface area (Å²) in [5.41, 5.74) is 5.21. The number of hydrogen-bond donors (Lipinski definition) is 3. The molecule has 8 nitrogen and oxygen atoms in total. The number of carboxylic acid groups (broad SMARTS) is 1. The fraction of sp³-hybridized carbons (Fsp3) is 0.400. The Morgan fingerprint density at radius 2 is 1.91 bits per heavy atom. The van der Waals surface area contributed by atoms with Crippen LogP contribution in [0.25, 0.3) is 0 Å². The Labute approximate surface area is 133 Å². The zero-order chi connectivity index (χ0) is 17.6. The molecule has 0 unspecified atom stereocenters. The van der Waals surface area contributed by atoms with E-state index in [-0.39, 0.29) is 29.6 Å². The van der Waals surface area contributed by atoms with E-state index in [0.29, 0.717) is 0 Å². The van der Waals surface area contributed by atoms with E-state index in [0.717, 1.165) is 0 Å². The summed E-state index contributed by atoms with van der Waals surface area (Å²) in [5.74, 6) is -2.09. The summed E-state index contributed by atoms with van der Waals surface area (Å²) >= 11 is 0. The van der Waals surface area contributed by atoms with Gasteiger partial charge in [0, 0.05) is 5.56 Å². The van der Waals surface area contributed by atoms with Crippen LogP contribution >= 0.6 is 0 Å². The van der Waals surface area contributed by atoms with Crippen LogP contribution in [0, 0.1) is 5.92 Å². The van der Waals surface area contributed by atoms with Gasteiger partial charge >= 0.3 is 5.97 Å². The van der Waals surface area contributed by atoms with Crippen LogP contribution in [-0.4, -0.2) is 42.6 Å². The molecule has 0 saturated heterocycles. The fourth-order valence-corrected chi connectivity index (χ4v) is 1.82. The topological polar surface area (TPSA) is 128 Å². The highest BCUT2D eigenvalue weighted by atomic mass is 16.5. The average Bonchev–Trinajstić information content (AvgIpc) is 2.49. The molecule has 4 N–H and O–H groups in total. The monoisotopic (exact) mass is 324 g/mol. The Kier molecular flexibility index (Phi) is 6.37. The van der Waals surface area contributed by atoms with Crippen LogP contribution in [0.3, 0.4) is 0 Å². The molecule has 0 fully saturated rings. The van der Waals surface area contributed by atoms with E-state index in [2.05, 4.69) is 5.32 Å². The van der Waals surface area contributed by atoms with Gasteiger partial charge in [-0.3, -0.25) is 9.59 Å². The van der Waals surface area contributed by atoms with Gasteiger partial charge in [-0.25, -0.2) is 4.79 Å². The van der Waals surface area contributed by atoms with Gasteiger partial charge in [0.1, 0.15) is 6.04 Å². The van der Waals surface area contributed by atoms with E-state index in [4.69, 9.17) is 20.3 Å². The fourth-order valence-electron chi connectivity index (χ4n) is 1.82. The van der Waals surface area contributed by atoms with E-state index in [1.54, 1.807) is 13.8 Å². The number of methoxy groups -OCH3 is 1. The lowest BCUT2D eigenvalue weighted by molar-refractivity contribution is -0.140. The number of aliphatic carboxylic acids is 1. The summed E-state index contributed by atoms with van der Waals surface area (Å²) in [6.45, 7) is 3.07. The summed E-state index contributed by atoms with van der Waals surface area (Å²) in [7, 11) is 1.38. The van der Waals surface area contributed by atoms with Crippen molar-refractivity contribution in [2.75, 3.05) is 13.7 Å². The second kappa shape index (κ2) is 8.02. The highest BCUT2D eigenvalue weighted by molar-refractivity contribution is 5.97. The van der Waals surface area contributed by atoms with Crippen LogP contribution in [0.1, 0.15) is 24.2 Å². The van der Waals surface area contributed by atoms with E-state index in [9.17, 15) is 14.4 Å². The largest absolute Gasteiger partial charge is 0.493 e. The Balaban J connectivity index is 2.93. The summed E-state index contributed by atoms with van der Waals surface area (Å²) in [6, 6.07) is 3.28. The molecule has 0 aromatic heterocycles. The Morgan fingerprint density at radius 1 is 1.26 bits per heavy atom. The number of primary amides is 1. The zero-order valence-electron chi connectivity index (χ0n) is 13.2. The third-order valence-electron chi connectivity index (χ3n) is 3.02. The number of carbonyl (C=O) groups is 3. The third kappa shape index (κ3) is 5.17. The van der Waals surface area contributed by atoms with Crippen LogP contribution in [0.5, 0.6) is 11.5 Å². The quantitative estimate of drug-likeness (QED) is 0.635. The molecule has 0 saturated carbocycles. The molecule has 126 valence electrons. The molecule has 2 amide bonds. The van der Waals surface area contributed by atoms with Gasteiger partial charge in [-0.15, -0.1) is 0 Å². The summed E-state index contributed by atoms with van der Waals surface area (Å²) in [6.07, 6.45) is 0. The van der Waals surface area contributed by atoms with Crippen molar-refractivity contribution < 1.29 is 29.0 Å². The highest BCUT2D eigenvalue weighted by Crippen LogP contribution is 2.28. The maximum Gasteiger partial charge on any atom is 0.326 e. The zero-order valence-corrected chi connectivity index (χ0v) is 13.2. The van der Waals surface area contributed by atoms with E-state index >= 15 is 0 Å². The number of nitrogens with one attached hydrogen (secondary N) is 1. The molecule has 0 bridgehead atoms. The molecule has 0 aliphatic rings.